The van der Waals surface area contributed by atoms with Gasteiger partial charge in [-0.3, -0.25) is 4.79 Å². The molecule has 0 atom stereocenters. The predicted molar refractivity (Wildman–Crippen MR) is 88.0 cm³/mol. The molecule has 6 heteroatoms. The van der Waals surface area contributed by atoms with Crippen molar-refractivity contribution in [3.63, 3.8) is 0 Å². The maximum absolute atomic E-state index is 12.6. The summed E-state index contributed by atoms with van der Waals surface area (Å²) in [6, 6.07) is 13.1. The molecule has 0 aliphatic carbocycles. The van der Waals surface area contributed by atoms with Crippen molar-refractivity contribution in [2.75, 3.05) is 6.79 Å². The third-order valence-electron chi connectivity index (χ3n) is 3.82. The second kappa shape index (κ2) is 5.81. The van der Waals surface area contributed by atoms with Crippen LogP contribution in [-0.2, 0) is 6.54 Å². The zero-order chi connectivity index (χ0) is 16.5. The molecule has 1 aromatic heterocycles. The molecule has 1 aliphatic heterocycles. The van der Waals surface area contributed by atoms with Crippen LogP contribution in [0.15, 0.2) is 42.5 Å². The number of nitrogens with one attached hydrogen (secondary N) is 1. The summed E-state index contributed by atoms with van der Waals surface area (Å²) >= 11 is 0. The summed E-state index contributed by atoms with van der Waals surface area (Å²) in [6.07, 6.45) is 0. The monoisotopic (exact) mass is 321 g/mol. The third-order valence-corrected chi connectivity index (χ3v) is 3.82. The van der Waals surface area contributed by atoms with E-state index < -0.39 is 0 Å². The van der Waals surface area contributed by atoms with Crippen molar-refractivity contribution in [1.82, 2.24) is 15.3 Å². The van der Waals surface area contributed by atoms with Gasteiger partial charge in [0.1, 0.15) is 11.5 Å². The summed E-state index contributed by atoms with van der Waals surface area (Å²) in [7, 11) is 0. The van der Waals surface area contributed by atoms with Gasteiger partial charge in [0.15, 0.2) is 11.5 Å². The van der Waals surface area contributed by atoms with Crippen LogP contribution in [-0.4, -0.2) is 22.7 Å². The van der Waals surface area contributed by atoms with E-state index in [1.165, 1.54) is 0 Å². The Balaban J connectivity index is 1.56. The molecule has 2 heterocycles. The van der Waals surface area contributed by atoms with Gasteiger partial charge in [-0.2, -0.15) is 0 Å². The zero-order valence-electron chi connectivity index (χ0n) is 13.1. The highest BCUT2D eigenvalue weighted by Crippen LogP contribution is 2.32. The molecule has 0 fully saturated rings. The Bertz CT molecular complexity index is 940. The smallest absolute Gasteiger partial charge is 0.270 e. The molecule has 1 N–H and O–H groups in total. The van der Waals surface area contributed by atoms with Gasteiger partial charge in [-0.1, -0.05) is 24.3 Å². The van der Waals surface area contributed by atoms with E-state index >= 15 is 0 Å². The van der Waals surface area contributed by atoms with Gasteiger partial charge < -0.3 is 14.8 Å². The quantitative estimate of drug-likeness (QED) is 0.802. The standard InChI is InChI=1S/C18H15N3O3/c1-11-20-14-5-3-2-4-13(14)17(21-11)18(22)19-9-12-6-7-15-16(8-12)24-10-23-15/h2-8H,9-10H2,1H3,(H,19,22). The van der Waals surface area contributed by atoms with Crippen molar-refractivity contribution in [2.24, 2.45) is 0 Å². The Kier molecular flexibility index (Phi) is 3.49. The molecule has 24 heavy (non-hydrogen) atoms. The minimum Gasteiger partial charge on any atom is -0.454 e. The minimum atomic E-state index is -0.227. The van der Waals surface area contributed by atoms with Crippen LogP contribution < -0.4 is 14.8 Å². The van der Waals surface area contributed by atoms with Crippen molar-refractivity contribution < 1.29 is 14.3 Å². The van der Waals surface area contributed by atoms with Crippen LogP contribution in [0.4, 0.5) is 0 Å². The number of carbonyl (C=O) groups is 1. The Morgan fingerprint density at radius 3 is 2.88 bits per heavy atom. The lowest BCUT2D eigenvalue weighted by molar-refractivity contribution is 0.0947. The predicted octanol–water partition coefficient (Wildman–Crippen LogP) is 2.60. The van der Waals surface area contributed by atoms with Crippen LogP contribution in [0.2, 0.25) is 0 Å². The maximum atomic E-state index is 12.6. The highest BCUT2D eigenvalue weighted by molar-refractivity contribution is 6.04. The number of aryl methyl sites for hydroxylation is 1. The molecule has 0 radical (unpaired) electrons. The fourth-order valence-electron chi connectivity index (χ4n) is 2.68. The molecule has 1 aliphatic rings. The van der Waals surface area contributed by atoms with Crippen LogP contribution in [0.25, 0.3) is 10.9 Å². The van der Waals surface area contributed by atoms with Gasteiger partial charge in [0.2, 0.25) is 6.79 Å². The number of hydrogen-bond donors (Lipinski definition) is 1. The first-order chi connectivity index (χ1) is 11.7. The van der Waals surface area contributed by atoms with Gasteiger partial charge in [-0.15, -0.1) is 0 Å². The summed E-state index contributed by atoms with van der Waals surface area (Å²) in [4.78, 5) is 21.2. The molecule has 0 spiro atoms. The minimum absolute atomic E-state index is 0.227. The Morgan fingerprint density at radius 2 is 1.96 bits per heavy atom. The first kappa shape index (κ1) is 14.4. The molecular formula is C18H15N3O3. The Labute approximate surface area is 138 Å². The Hall–Kier alpha value is -3.15. The average Bonchev–Trinajstić information content (AvgIpc) is 3.06. The number of nitrogens with zero attached hydrogens (tertiary/aromatic N) is 2. The van der Waals surface area contributed by atoms with E-state index in [-0.39, 0.29) is 12.7 Å². The van der Waals surface area contributed by atoms with E-state index in [0.717, 1.165) is 22.2 Å². The van der Waals surface area contributed by atoms with E-state index in [4.69, 9.17) is 9.47 Å². The summed E-state index contributed by atoms with van der Waals surface area (Å²) in [5.74, 6) is 1.77. The SMILES string of the molecule is Cc1nc(C(=O)NCc2ccc3c(c2)OCO3)c2ccccc2n1. The summed E-state index contributed by atoms with van der Waals surface area (Å²) < 4.78 is 10.6. The summed E-state index contributed by atoms with van der Waals surface area (Å²) in [5.41, 5.74) is 2.08. The zero-order valence-corrected chi connectivity index (χ0v) is 13.1. The number of benzene rings is 2. The van der Waals surface area contributed by atoms with Gasteiger partial charge in [0.05, 0.1) is 5.52 Å². The first-order valence-electron chi connectivity index (χ1n) is 7.61. The molecular weight excluding hydrogens is 306 g/mol. The third kappa shape index (κ3) is 2.62. The van der Waals surface area contributed by atoms with Crippen molar-refractivity contribution in [2.45, 2.75) is 13.5 Å². The van der Waals surface area contributed by atoms with Crippen LogP contribution in [0.1, 0.15) is 21.9 Å². The Morgan fingerprint density at radius 1 is 1.12 bits per heavy atom. The maximum Gasteiger partial charge on any atom is 0.270 e. The van der Waals surface area contributed by atoms with E-state index in [0.29, 0.717) is 23.8 Å². The highest BCUT2D eigenvalue weighted by atomic mass is 16.7. The molecule has 4 rings (SSSR count). The van der Waals surface area contributed by atoms with E-state index in [2.05, 4.69) is 15.3 Å². The molecule has 3 aromatic rings. The number of fused-ring (bicyclic) bond motifs is 2. The van der Waals surface area contributed by atoms with Gasteiger partial charge >= 0.3 is 0 Å². The normalized spacial score (nSPS) is 12.4. The number of amides is 1. The molecule has 120 valence electrons. The number of ether oxygens (including phenoxy) is 2. The van der Waals surface area contributed by atoms with E-state index in [1.807, 2.05) is 42.5 Å². The van der Waals surface area contributed by atoms with Crippen LogP contribution in [0.5, 0.6) is 11.5 Å². The molecule has 1 amide bonds. The summed E-state index contributed by atoms with van der Waals surface area (Å²) in [5, 5.41) is 3.64. The van der Waals surface area contributed by atoms with Crippen molar-refractivity contribution >= 4 is 16.8 Å². The first-order valence-corrected chi connectivity index (χ1v) is 7.61. The molecule has 6 nitrogen and oxygen atoms in total. The van der Waals surface area contributed by atoms with Crippen LogP contribution in [0.3, 0.4) is 0 Å². The average molecular weight is 321 g/mol. The molecule has 0 saturated carbocycles. The van der Waals surface area contributed by atoms with Gasteiger partial charge in [0, 0.05) is 11.9 Å². The van der Waals surface area contributed by atoms with Crippen molar-refractivity contribution in [3.05, 3.63) is 59.5 Å². The molecule has 2 aromatic carbocycles. The van der Waals surface area contributed by atoms with Crippen molar-refractivity contribution in [1.29, 1.82) is 0 Å². The summed E-state index contributed by atoms with van der Waals surface area (Å²) in [6.45, 7) is 2.39. The van der Waals surface area contributed by atoms with Gasteiger partial charge in [-0.05, 0) is 30.7 Å². The lowest BCUT2D eigenvalue weighted by Gasteiger charge is -2.08. The molecule has 0 unspecified atom stereocenters. The van der Waals surface area contributed by atoms with E-state index in [9.17, 15) is 4.79 Å². The van der Waals surface area contributed by atoms with Crippen LogP contribution in [0, 0.1) is 6.92 Å². The molecule has 0 bridgehead atoms. The topological polar surface area (TPSA) is 73.3 Å². The highest BCUT2D eigenvalue weighted by Gasteiger charge is 2.15. The fourth-order valence-corrected chi connectivity index (χ4v) is 2.68. The van der Waals surface area contributed by atoms with Crippen LogP contribution >= 0.6 is 0 Å². The number of para-hydroxylation sites is 1. The number of aromatic nitrogens is 2. The fraction of sp³-hybridized carbons (Fsp3) is 0.167. The number of hydrogen-bond acceptors (Lipinski definition) is 5. The number of carbonyl (C=O) groups excluding carboxylic acids is 1. The van der Waals surface area contributed by atoms with Gasteiger partial charge in [0.25, 0.3) is 5.91 Å². The van der Waals surface area contributed by atoms with Crippen molar-refractivity contribution in [3.8, 4) is 11.5 Å². The lowest BCUT2D eigenvalue weighted by atomic mass is 10.1. The second-order valence-electron chi connectivity index (χ2n) is 5.51. The van der Waals surface area contributed by atoms with Gasteiger partial charge in [-0.25, -0.2) is 9.97 Å². The largest absolute Gasteiger partial charge is 0.454 e. The second-order valence-corrected chi connectivity index (χ2v) is 5.51. The lowest BCUT2D eigenvalue weighted by Crippen LogP contribution is -2.24. The molecule has 0 saturated heterocycles. The van der Waals surface area contributed by atoms with E-state index in [1.54, 1.807) is 6.92 Å². The number of rotatable bonds is 3.